The molecule has 0 unspecified atom stereocenters. The molecule has 1 rings (SSSR count). The smallest absolute Gasteiger partial charge is 0.308 e. The van der Waals surface area contributed by atoms with Crippen LogP contribution < -0.4 is 5.32 Å². The number of hydrogen-bond acceptors (Lipinski definition) is 5. The summed E-state index contributed by atoms with van der Waals surface area (Å²) in [6.45, 7) is 4.70. The third kappa shape index (κ3) is 5.89. The Labute approximate surface area is 116 Å². The molecule has 1 aliphatic carbocycles. The first-order valence-electron chi connectivity index (χ1n) is 7.21. The fourth-order valence-corrected chi connectivity index (χ4v) is 2.45. The van der Waals surface area contributed by atoms with Crippen LogP contribution in [0.4, 0.5) is 0 Å². The second kappa shape index (κ2) is 7.82. The Morgan fingerprint density at radius 1 is 1.42 bits per heavy atom. The first-order valence-corrected chi connectivity index (χ1v) is 7.21. The Hall–Kier alpha value is -0.650. The van der Waals surface area contributed by atoms with E-state index in [1.165, 1.54) is 0 Å². The molecule has 19 heavy (non-hydrogen) atoms. The summed E-state index contributed by atoms with van der Waals surface area (Å²) in [6.07, 6.45) is 2.80. The number of ether oxygens (including phenoxy) is 1. The monoisotopic (exact) mass is 272 g/mol. The molecular weight excluding hydrogens is 244 g/mol. The van der Waals surface area contributed by atoms with Gasteiger partial charge in [0.2, 0.25) is 0 Å². The Morgan fingerprint density at radius 3 is 2.58 bits per heavy atom. The third-order valence-corrected chi connectivity index (χ3v) is 3.73. The zero-order valence-corrected chi connectivity index (χ0v) is 12.4. The molecule has 0 aromatic carbocycles. The van der Waals surface area contributed by atoms with Crippen LogP contribution in [0.3, 0.4) is 0 Å². The van der Waals surface area contributed by atoms with Gasteiger partial charge in [0.15, 0.2) is 0 Å². The molecule has 0 aromatic heterocycles. The summed E-state index contributed by atoms with van der Waals surface area (Å²) < 4.78 is 5.03. The van der Waals surface area contributed by atoms with E-state index in [2.05, 4.69) is 10.2 Å². The fraction of sp³-hybridized carbons (Fsp3) is 0.929. The van der Waals surface area contributed by atoms with Crippen molar-refractivity contribution in [1.29, 1.82) is 0 Å². The molecule has 5 nitrogen and oxygen atoms in total. The molecule has 0 bridgehead atoms. The molecule has 0 amide bonds. The largest absolute Gasteiger partial charge is 0.466 e. The van der Waals surface area contributed by atoms with E-state index in [0.29, 0.717) is 26.0 Å². The van der Waals surface area contributed by atoms with Crippen molar-refractivity contribution in [2.75, 3.05) is 40.3 Å². The zero-order chi connectivity index (χ0) is 14.3. The summed E-state index contributed by atoms with van der Waals surface area (Å²) in [5.41, 5.74) is -0.657. The molecule has 0 aliphatic heterocycles. The number of esters is 1. The van der Waals surface area contributed by atoms with Gasteiger partial charge < -0.3 is 20.1 Å². The highest BCUT2D eigenvalue weighted by atomic mass is 16.5. The highest BCUT2D eigenvalue weighted by Crippen LogP contribution is 2.32. The second-order valence-corrected chi connectivity index (χ2v) is 5.73. The van der Waals surface area contributed by atoms with Gasteiger partial charge in [-0.15, -0.1) is 0 Å². The van der Waals surface area contributed by atoms with Crippen LogP contribution in [0.15, 0.2) is 0 Å². The van der Waals surface area contributed by atoms with Gasteiger partial charge in [-0.2, -0.15) is 0 Å². The van der Waals surface area contributed by atoms with Gasteiger partial charge >= 0.3 is 5.97 Å². The van der Waals surface area contributed by atoms with Crippen molar-refractivity contribution in [3.63, 3.8) is 0 Å². The van der Waals surface area contributed by atoms with Gasteiger partial charge in [0.05, 0.1) is 18.1 Å². The highest BCUT2D eigenvalue weighted by molar-refractivity contribution is 5.72. The van der Waals surface area contributed by atoms with Gasteiger partial charge in [-0.1, -0.05) is 0 Å². The van der Waals surface area contributed by atoms with Gasteiger partial charge in [-0.25, -0.2) is 0 Å². The number of carbonyl (C=O) groups excluding carboxylic acids is 1. The Kier molecular flexibility index (Phi) is 6.75. The van der Waals surface area contributed by atoms with E-state index in [4.69, 9.17) is 4.74 Å². The minimum Gasteiger partial charge on any atom is -0.466 e. The summed E-state index contributed by atoms with van der Waals surface area (Å²) >= 11 is 0. The lowest BCUT2D eigenvalue weighted by molar-refractivity contribution is -0.151. The summed E-state index contributed by atoms with van der Waals surface area (Å²) in [6, 6.07) is 0. The van der Waals surface area contributed by atoms with Crippen LogP contribution in [0.5, 0.6) is 0 Å². The molecule has 1 saturated carbocycles. The second-order valence-electron chi connectivity index (χ2n) is 5.73. The van der Waals surface area contributed by atoms with E-state index in [1.807, 2.05) is 21.0 Å². The first kappa shape index (κ1) is 16.4. The van der Waals surface area contributed by atoms with Crippen LogP contribution in [0.1, 0.15) is 32.6 Å². The molecule has 5 heteroatoms. The minimum atomic E-state index is -0.657. The maximum atomic E-state index is 11.6. The lowest BCUT2D eigenvalue weighted by Gasteiger charge is -2.35. The summed E-state index contributed by atoms with van der Waals surface area (Å²) in [5, 5.41) is 13.7. The van der Waals surface area contributed by atoms with Crippen LogP contribution in [0, 0.1) is 5.92 Å². The van der Waals surface area contributed by atoms with E-state index < -0.39 is 5.60 Å². The molecule has 0 spiro atoms. The Bertz CT molecular complexity index is 274. The van der Waals surface area contributed by atoms with Crippen LogP contribution in [-0.4, -0.2) is 61.9 Å². The molecule has 0 heterocycles. The normalized spacial score (nSPS) is 27.5. The Morgan fingerprint density at radius 2 is 2.05 bits per heavy atom. The van der Waals surface area contributed by atoms with Crippen LogP contribution >= 0.6 is 0 Å². The number of hydrogen-bond donors (Lipinski definition) is 2. The average Bonchev–Trinajstić information content (AvgIpc) is 2.36. The van der Waals surface area contributed by atoms with E-state index in [1.54, 1.807) is 0 Å². The van der Waals surface area contributed by atoms with Crippen molar-refractivity contribution in [3.8, 4) is 0 Å². The van der Waals surface area contributed by atoms with Crippen molar-refractivity contribution in [2.45, 2.75) is 38.2 Å². The number of nitrogens with one attached hydrogen (secondary N) is 1. The Balaban J connectivity index is 2.25. The third-order valence-electron chi connectivity index (χ3n) is 3.73. The van der Waals surface area contributed by atoms with Gasteiger partial charge in [0, 0.05) is 19.6 Å². The molecule has 0 radical (unpaired) electrons. The average molecular weight is 272 g/mol. The first-order chi connectivity index (χ1) is 8.97. The molecule has 0 aromatic rings. The summed E-state index contributed by atoms with van der Waals surface area (Å²) in [7, 11) is 4.06. The van der Waals surface area contributed by atoms with Gasteiger partial charge in [-0.3, -0.25) is 4.79 Å². The SMILES string of the molecule is CCOC(=O)C1CCC(O)(CNCCN(C)C)CC1. The fourth-order valence-electron chi connectivity index (χ4n) is 2.45. The van der Waals surface area contributed by atoms with E-state index in [-0.39, 0.29) is 11.9 Å². The van der Waals surface area contributed by atoms with Crippen molar-refractivity contribution in [3.05, 3.63) is 0 Å². The number of nitrogens with zero attached hydrogens (tertiary/aromatic N) is 1. The number of rotatable bonds is 7. The molecule has 0 atom stereocenters. The quantitative estimate of drug-likeness (QED) is 0.525. The predicted molar refractivity (Wildman–Crippen MR) is 75.0 cm³/mol. The summed E-state index contributed by atoms with van der Waals surface area (Å²) in [5.74, 6) is -0.132. The van der Waals surface area contributed by atoms with Crippen molar-refractivity contribution in [1.82, 2.24) is 10.2 Å². The molecule has 0 saturated heterocycles. The number of aliphatic hydroxyl groups is 1. The lowest BCUT2D eigenvalue weighted by atomic mass is 9.79. The lowest BCUT2D eigenvalue weighted by Crippen LogP contribution is -2.45. The molecular formula is C14H28N2O3. The van der Waals surface area contributed by atoms with E-state index in [9.17, 15) is 9.90 Å². The number of likely N-dealkylation sites (N-methyl/N-ethyl adjacent to an activating group) is 1. The van der Waals surface area contributed by atoms with Gasteiger partial charge in [-0.05, 0) is 46.7 Å². The van der Waals surface area contributed by atoms with E-state index >= 15 is 0 Å². The van der Waals surface area contributed by atoms with Crippen LogP contribution in [-0.2, 0) is 9.53 Å². The number of carbonyl (C=O) groups is 1. The zero-order valence-electron chi connectivity index (χ0n) is 12.4. The maximum absolute atomic E-state index is 11.6. The van der Waals surface area contributed by atoms with Crippen molar-refractivity contribution in [2.24, 2.45) is 5.92 Å². The summed E-state index contributed by atoms with van der Waals surface area (Å²) in [4.78, 5) is 13.7. The van der Waals surface area contributed by atoms with Crippen LogP contribution in [0.25, 0.3) is 0 Å². The van der Waals surface area contributed by atoms with Crippen LogP contribution in [0.2, 0.25) is 0 Å². The molecule has 112 valence electrons. The standard InChI is InChI=1S/C14H28N2O3/c1-4-19-13(17)12-5-7-14(18,8-6-12)11-15-9-10-16(2)3/h12,15,18H,4-11H2,1-3H3. The van der Waals surface area contributed by atoms with E-state index in [0.717, 1.165) is 25.9 Å². The van der Waals surface area contributed by atoms with Gasteiger partial charge in [0.25, 0.3) is 0 Å². The molecule has 1 aliphatic rings. The predicted octanol–water partition coefficient (Wildman–Crippen LogP) is 0.622. The molecule has 2 N–H and O–H groups in total. The van der Waals surface area contributed by atoms with Crippen molar-refractivity contribution >= 4 is 5.97 Å². The minimum absolute atomic E-state index is 0.0259. The van der Waals surface area contributed by atoms with Crippen molar-refractivity contribution < 1.29 is 14.6 Å². The molecule has 1 fully saturated rings. The van der Waals surface area contributed by atoms with Gasteiger partial charge in [0.1, 0.15) is 0 Å². The highest BCUT2D eigenvalue weighted by Gasteiger charge is 2.35. The maximum Gasteiger partial charge on any atom is 0.308 e. The topological polar surface area (TPSA) is 61.8 Å².